The lowest BCUT2D eigenvalue weighted by Gasteiger charge is -2.36. The average Bonchev–Trinajstić information content (AvgIpc) is 3.84. The van der Waals surface area contributed by atoms with Crippen molar-refractivity contribution in [1.29, 1.82) is 0 Å². The minimum Gasteiger partial charge on any atom is -0.464 e. The number of nitrogens with zero attached hydrogens (tertiary/aromatic N) is 6. The van der Waals surface area contributed by atoms with Crippen LogP contribution in [-0.4, -0.2) is 93.8 Å². The van der Waals surface area contributed by atoms with Crippen LogP contribution in [0, 0.1) is 5.41 Å². The molecule has 0 spiro atoms. The molecule has 2 saturated heterocycles. The number of aryl methyl sites for hydroxylation is 1. The normalized spacial score (nSPS) is 23.1. The molecule has 12 heteroatoms. The minimum absolute atomic E-state index is 0.222. The average molecular weight is 739 g/mol. The third kappa shape index (κ3) is 7.23. The van der Waals surface area contributed by atoms with E-state index in [2.05, 4.69) is 90.3 Å². The first-order valence-electron chi connectivity index (χ1n) is 19.6. The second kappa shape index (κ2) is 14.4. The molecule has 3 N–H and O–H groups in total. The van der Waals surface area contributed by atoms with Gasteiger partial charge in [0.15, 0.2) is 0 Å². The highest BCUT2D eigenvalue weighted by atomic mass is 32.1. The number of esters is 1. The van der Waals surface area contributed by atoms with Crippen molar-refractivity contribution in [3.8, 4) is 22.5 Å². The Bertz CT molecular complexity index is 2010. The largest absolute Gasteiger partial charge is 0.464 e. The lowest BCUT2D eigenvalue weighted by Crippen LogP contribution is -2.59. The molecule has 4 aromatic rings. The number of benzene rings is 1. The maximum Gasteiger partial charge on any atom is 0.324 e. The minimum atomic E-state index is -0.772. The number of carbonyl (C=O) groups is 2. The molecule has 3 aromatic heterocycles. The fourth-order valence-corrected chi connectivity index (χ4v) is 9.36. The number of anilines is 1. The molecular weight excluding hydrogens is 685 g/mol. The van der Waals surface area contributed by atoms with Crippen molar-refractivity contribution in [3.63, 3.8) is 0 Å². The maximum atomic E-state index is 13.5. The van der Waals surface area contributed by atoms with Gasteiger partial charge in [-0.1, -0.05) is 33.8 Å². The van der Waals surface area contributed by atoms with Gasteiger partial charge in [-0.2, -0.15) is 0 Å². The smallest absolute Gasteiger partial charge is 0.324 e. The quantitative estimate of drug-likeness (QED) is 0.247. The molecule has 4 aliphatic rings. The Balaban J connectivity index is 1.25. The van der Waals surface area contributed by atoms with Crippen LogP contribution in [0.4, 0.5) is 5.69 Å². The Kier molecular flexibility index (Phi) is 9.84. The van der Waals surface area contributed by atoms with Gasteiger partial charge in [0.05, 0.1) is 46.6 Å². The van der Waals surface area contributed by atoms with Crippen LogP contribution in [0.2, 0.25) is 0 Å². The van der Waals surface area contributed by atoms with E-state index in [0.29, 0.717) is 32.2 Å². The second-order valence-electron chi connectivity index (χ2n) is 16.5. The van der Waals surface area contributed by atoms with Crippen LogP contribution in [-0.2, 0) is 33.7 Å². The number of hydrogen-bond acceptors (Lipinski definition) is 10. The monoisotopic (exact) mass is 738 g/mol. The van der Waals surface area contributed by atoms with E-state index >= 15 is 0 Å². The van der Waals surface area contributed by atoms with Gasteiger partial charge in [-0.3, -0.25) is 24.5 Å². The van der Waals surface area contributed by atoms with Gasteiger partial charge >= 0.3 is 5.97 Å². The molecule has 3 fully saturated rings. The molecule has 3 aliphatic heterocycles. The van der Waals surface area contributed by atoms with E-state index in [1.165, 1.54) is 57.1 Å². The van der Waals surface area contributed by atoms with Crippen LogP contribution >= 0.6 is 11.3 Å². The third-order valence-electron chi connectivity index (χ3n) is 11.5. The van der Waals surface area contributed by atoms with Gasteiger partial charge < -0.3 is 19.9 Å². The van der Waals surface area contributed by atoms with Gasteiger partial charge in [0.25, 0.3) is 5.91 Å². The summed E-state index contributed by atoms with van der Waals surface area (Å²) in [7, 11) is 0. The number of ether oxygens (including phenoxy) is 1. The zero-order valence-corrected chi connectivity index (χ0v) is 32.7. The Morgan fingerprint density at radius 2 is 1.87 bits per heavy atom. The van der Waals surface area contributed by atoms with Gasteiger partial charge in [0, 0.05) is 84.6 Å². The molecule has 11 nitrogen and oxygen atoms in total. The van der Waals surface area contributed by atoms with Gasteiger partial charge in [-0.05, 0) is 68.7 Å². The van der Waals surface area contributed by atoms with E-state index in [4.69, 9.17) is 20.4 Å². The third-order valence-corrected chi connectivity index (χ3v) is 12.4. The number of rotatable bonds is 5. The van der Waals surface area contributed by atoms with E-state index in [0.717, 1.165) is 66.2 Å². The van der Waals surface area contributed by atoms with Crippen molar-refractivity contribution >= 4 is 39.8 Å². The van der Waals surface area contributed by atoms with Crippen molar-refractivity contribution in [1.82, 2.24) is 29.9 Å². The molecule has 2 atom stereocenters. The first kappa shape index (κ1) is 36.2. The number of carbonyl (C=O) groups excluding carboxylic acids is 2. The number of aromatic nitrogens is 3. The number of pyridine rings is 1. The van der Waals surface area contributed by atoms with Crippen molar-refractivity contribution < 1.29 is 14.3 Å². The Morgan fingerprint density at radius 1 is 1.08 bits per heavy atom. The number of fused-ring (bicyclic) bond motifs is 6. The Labute approximate surface area is 316 Å². The molecule has 6 heterocycles. The van der Waals surface area contributed by atoms with Crippen LogP contribution < -0.4 is 16.1 Å². The zero-order valence-electron chi connectivity index (χ0n) is 31.9. The van der Waals surface area contributed by atoms with Gasteiger partial charge in [0.1, 0.15) is 6.04 Å². The number of cyclic esters (lactones) is 1. The van der Waals surface area contributed by atoms with Crippen molar-refractivity contribution in [2.75, 3.05) is 44.2 Å². The summed E-state index contributed by atoms with van der Waals surface area (Å²) >= 11 is 1.53. The molecule has 282 valence electrons. The summed E-state index contributed by atoms with van der Waals surface area (Å²) in [6, 6.07) is 8.46. The van der Waals surface area contributed by atoms with Gasteiger partial charge in [-0.25, -0.2) is 10.4 Å². The summed E-state index contributed by atoms with van der Waals surface area (Å²) < 4.78 is 8.54. The summed E-state index contributed by atoms with van der Waals surface area (Å²) in [5.74, 6) is -0.353. The maximum absolute atomic E-state index is 13.5. The summed E-state index contributed by atoms with van der Waals surface area (Å²) in [5.41, 5.74) is 18.1. The summed E-state index contributed by atoms with van der Waals surface area (Å²) in [5, 5.41) is 5.55. The highest BCUT2D eigenvalue weighted by Gasteiger charge is 2.35. The summed E-state index contributed by atoms with van der Waals surface area (Å²) in [4.78, 5) is 42.2. The molecule has 6 bridgehead atoms. The van der Waals surface area contributed by atoms with E-state index in [-0.39, 0.29) is 24.4 Å². The van der Waals surface area contributed by atoms with E-state index in [1.807, 2.05) is 0 Å². The topological polar surface area (TPSA) is 122 Å². The molecular formula is C41H54N8O3S. The molecule has 1 saturated carbocycles. The van der Waals surface area contributed by atoms with Crippen LogP contribution in [0.15, 0.2) is 35.8 Å². The fraction of sp³-hybridized carbons (Fsp3) is 0.561. The molecule has 8 rings (SSSR count). The Hall–Kier alpha value is -3.84. The number of hydrogen-bond donors (Lipinski definition) is 2. The van der Waals surface area contributed by atoms with Crippen LogP contribution in [0.1, 0.15) is 82.5 Å². The first-order chi connectivity index (χ1) is 25.5. The van der Waals surface area contributed by atoms with Crippen LogP contribution in [0.5, 0.6) is 0 Å². The number of hydrazine groups is 1. The molecule has 0 unspecified atom stereocenters. The van der Waals surface area contributed by atoms with Crippen molar-refractivity contribution in [3.05, 3.63) is 52.1 Å². The molecule has 1 aliphatic carbocycles. The predicted octanol–water partition coefficient (Wildman–Crippen LogP) is 5.75. The lowest BCUT2D eigenvalue weighted by atomic mass is 9.84. The van der Waals surface area contributed by atoms with E-state index in [1.54, 1.807) is 0 Å². The van der Waals surface area contributed by atoms with Crippen LogP contribution in [0.25, 0.3) is 33.4 Å². The number of thiazole rings is 1. The molecule has 0 radical (unpaired) electrons. The summed E-state index contributed by atoms with van der Waals surface area (Å²) in [6.07, 6.45) is 7.06. The SMILES string of the molecule is CCn1c(-c2cc(N3CCN(C4CC4)CC3)cnc2C(C)C)c2c3cc(ccc31)-c1csc(n1)C[C@H](N)C(=O)N1CCC[C@H](N1)C(=O)OCC(C)(C)C2. The van der Waals surface area contributed by atoms with E-state index in [9.17, 15) is 9.59 Å². The number of nitrogens with two attached hydrogens (primary N) is 1. The second-order valence-corrected chi connectivity index (χ2v) is 17.5. The molecule has 1 amide bonds. The zero-order chi connectivity index (χ0) is 37.0. The molecule has 53 heavy (non-hydrogen) atoms. The van der Waals surface area contributed by atoms with Crippen molar-refractivity contribution in [2.24, 2.45) is 11.1 Å². The fourth-order valence-electron chi connectivity index (χ4n) is 8.50. The van der Waals surface area contributed by atoms with Crippen molar-refractivity contribution in [2.45, 2.75) is 104 Å². The number of nitrogens with one attached hydrogen (secondary N) is 1. The predicted molar refractivity (Wildman–Crippen MR) is 211 cm³/mol. The molecule has 1 aromatic carbocycles. The summed E-state index contributed by atoms with van der Waals surface area (Å²) in [6.45, 7) is 16.8. The van der Waals surface area contributed by atoms with Gasteiger partial charge in [-0.15, -0.1) is 11.3 Å². The number of amides is 1. The standard InChI is InChI=1S/C41H54N8O3S/c1-6-48-35-12-9-26-18-29(35)31(38(48)30-19-28(22-43-37(30)25(2)3)47-16-14-46(15-17-47)27-10-11-27)21-41(4,5)24-52-40(51)33-8-7-13-49(45-33)39(50)32(42)20-36-44-34(26)23-53-36/h9,12,18-19,22-23,25,27,32-33,45H,6-8,10-11,13-17,20-21,24,42H2,1-5H3/t32-,33-/m0/s1. The van der Waals surface area contributed by atoms with Crippen LogP contribution in [0.3, 0.4) is 0 Å². The highest BCUT2D eigenvalue weighted by molar-refractivity contribution is 7.10. The van der Waals surface area contributed by atoms with E-state index < -0.39 is 17.5 Å². The highest BCUT2D eigenvalue weighted by Crippen LogP contribution is 2.43. The Morgan fingerprint density at radius 3 is 2.60 bits per heavy atom. The lowest BCUT2D eigenvalue weighted by molar-refractivity contribution is -0.154. The first-order valence-corrected chi connectivity index (χ1v) is 20.5. The number of piperazine rings is 1. The van der Waals surface area contributed by atoms with Gasteiger partial charge in [0.2, 0.25) is 0 Å².